The number of hydrogen-bond donors (Lipinski definition) is 1. The number of benzene rings is 1. The molecule has 0 unspecified atom stereocenters. The molecule has 0 saturated carbocycles. The van der Waals surface area contributed by atoms with Crippen LogP contribution in [0.25, 0.3) is 11.0 Å². The molecule has 0 aliphatic carbocycles. The molecular weight excluding hydrogens is 260 g/mol. The molecule has 6 heteroatoms. The number of nitrogens with zero attached hydrogens (tertiary/aromatic N) is 1. The number of imidazole rings is 1. The van der Waals surface area contributed by atoms with Crippen molar-refractivity contribution in [1.29, 1.82) is 0 Å². The molecule has 0 fully saturated rings. The molecule has 1 N–H and O–H groups in total. The van der Waals surface area contributed by atoms with Gasteiger partial charge in [0.2, 0.25) is 0 Å². The van der Waals surface area contributed by atoms with Gasteiger partial charge in [0.1, 0.15) is 12.4 Å². The predicted octanol–water partition coefficient (Wildman–Crippen LogP) is 1.89. The Morgan fingerprint density at radius 3 is 2.80 bits per heavy atom. The molecule has 20 heavy (non-hydrogen) atoms. The van der Waals surface area contributed by atoms with Gasteiger partial charge in [-0.3, -0.25) is 0 Å². The second kappa shape index (κ2) is 6.11. The molecule has 108 valence electrons. The van der Waals surface area contributed by atoms with Gasteiger partial charge in [-0.2, -0.15) is 0 Å². The van der Waals surface area contributed by atoms with Gasteiger partial charge in [-0.1, -0.05) is 0 Å². The fourth-order valence-corrected chi connectivity index (χ4v) is 2.10. The largest absolute Gasteiger partial charge is 0.489 e. The first-order valence-electron chi connectivity index (χ1n) is 6.72. The molecule has 1 aliphatic rings. The molecule has 1 aromatic carbocycles. The number of rotatable bonds is 5. The first-order valence-corrected chi connectivity index (χ1v) is 6.72. The second-order valence-electron chi connectivity index (χ2n) is 4.60. The lowest BCUT2D eigenvalue weighted by atomic mass is 10.3. The minimum absolute atomic E-state index is 0.435. The highest BCUT2D eigenvalue weighted by Gasteiger charge is 2.13. The maximum atomic E-state index is 5.66. The molecule has 6 nitrogen and oxygen atoms in total. The summed E-state index contributed by atoms with van der Waals surface area (Å²) in [6.07, 6.45) is 0.897. The van der Waals surface area contributed by atoms with E-state index in [1.165, 1.54) is 0 Å². The van der Waals surface area contributed by atoms with E-state index in [1.807, 2.05) is 12.1 Å². The van der Waals surface area contributed by atoms with Gasteiger partial charge in [-0.05, 0) is 0 Å². The topological polar surface area (TPSA) is 65.6 Å². The fraction of sp³-hybridized carbons (Fsp3) is 0.500. The van der Waals surface area contributed by atoms with E-state index in [0.717, 1.165) is 34.8 Å². The standard InChI is InChI=1S/C14H18N2O4/c1-17-5-6-18-9-14-15-10-7-12-13(8-11(10)16-14)20-4-2-3-19-12/h7-8H,2-6,9H2,1H3,(H,15,16). The first-order chi connectivity index (χ1) is 9.86. The van der Waals surface area contributed by atoms with Crippen molar-refractivity contribution in [3.8, 4) is 11.5 Å². The normalized spacial score (nSPS) is 14.4. The third kappa shape index (κ3) is 2.86. The summed E-state index contributed by atoms with van der Waals surface area (Å²) in [5.41, 5.74) is 1.79. The zero-order chi connectivity index (χ0) is 13.8. The Bertz CT molecular complexity index is 539. The van der Waals surface area contributed by atoms with Crippen LogP contribution < -0.4 is 9.47 Å². The lowest BCUT2D eigenvalue weighted by molar-refractivity contribution is 0.0590. The van der Waals surface area contributed by atoms with Gasteiger partial charge in [-0.25, -0.2) is 4.98 Å². The van der Waals surface area contributed by atoms with Gasteiger partial charge in [0.05, 0.1) is 37.5 Å². The zero-order valence-corrected chi connectivity index (χ0v) is 11.5. The van der Waals surface area contributed by atoms with Crippen LogP contribution in [0.3, 0.4) is 0 Å². The van der Waals surface area contributed by atoms with Crippen LogP contribution in [-0.2, 0) is 16.1 Å². The van der Waals surface area contributed by atoms with Crippen LogP contribution in [-0.4, -0.2) is 43.5 Å². The third-order valence-electron chi connectivity index (χ3n) is 3.07. The van der Waals surface area contributed by atoms with E-state index in [-0.39, 0.29) is 0 Å². The summed E-state index contributed by atoms with van der Waals surface area (Å²) in [5.74, 6) is 2.31. The molecular formula is C14H18N2O4. The Labute approximate surface area is 117 Å². The highest BCUT2D eigenvalue weighted by molar-refractivity contribution is 5.79. The van der Waals surface area contributed by atoms with Crippen molar-refractivity contribution in [2.75, 3.05) is 33.5 Å². The minimum Gasteiger partial charge on any atom is -0.489 e. The average molecular weight is 278 g/mol. The van der Waals surface area contributed by atoms with Crippen molar-refractivity contribution in [2.45, 2.75) is 13.0 Å². The van der Waals surface area contributed by atoms with Crippen LogP contribution in [0.4, 0.5) is 0 Å². The highest BCUT2D eigenvalue weighted by Crippen LogP contribution is 2.33. The summed E-state index contributed by atoms with van der Waals surface area (Å²) in [4.78, 5) is 7.72. The van der Waals surface area contributed by atoms with Gasteiger partial charge in [0.25, 0.3) is 0 Å². The maximum absolute atomic E-state index is 5.66. The third-order valence-corrected chi connectivity index (χ3v) is 3.07. The van der Waals surface area contributed by atoms with Crippen molar-refractivity contribution in [3.63, 3.8) is 0 Å². The molecule has 3 rings (SSSR count). The van der Waals surface area contributed by atoms with E-state index in [9.17, 15) is 0 Å². The molecule has 0 saturated heterocycles. The minimum atomic E-state index is 0.435. The highest BCUT2D eigenvalue weighted by atomic mass is 16.5. The Kier molecular flexibility index (Phi) is 4.03. The van der Waals surface area contributed by atoms with Crippen molar-refractivity contribution in [1.82, 2.24) is 9.97 Å². The lowest BCUT2D eigenvalue weighted by Gasteiger charge is -2.05. The molecule has 0 bridgehead atoms. The molecule has 1 aliphatic heterocycles. The van der Waals surface area contributed by atoms with Crippen LogP contribution in [0.1, 0.15) is 12.2 Å². The predicted molar refractivity (Wildman–Crippen MR) is 73.2 cm³/mol. The van der Waals surface area contributed by atoms with Crippen molar-refractivity contribution in [2.24, 2.45) is 0 Å². The molecule has 2 heterocycles. The monoisotopic (exact) mass is 278 g/mol. The quantitative estimate of drug-likeness (QED) is 0.846. The van der Waals surface area contributed by atoms with Gasteiger partial charge in [0.15, 0.2) is 11.5 Å². The van der Waals surface area contributed by atoms with E-state index in [0.29, 0.717) is 33.0 Å². The number of aromatic amines is 1. The summed E-state index contributed by atoms with van der Waals surface area (Å²) >= 11 is 0. The van der Waals surface area contributed by atoms with E-state index in [2.05, 4.69) is 9.97 Å². The zero-order valence-electron chi connectivity index (χ0n) is 11.5. The molecule has 0 spiro atoms. The van der Waals surface area contributed by atoms with Crippen LogP contribution in [0.5, 0.6) is 11.5 Å². The SMILES string of the molecule is COCCOCc1nc2cc3c(cc2[nH]1)OCCCO3. The average Bonchev–Trinajstić information content (AvgIpc) is 2.70. The summed E-state index contributed by atoms with van der Waals surface area (Å²) < 4.78 is 21.7. The van der Waals surface area contributed by atoms with E-state index in [1.54, 1.807) is 7.11 Å². The number of nitrogens with one attached hydrogen (secondary N) is 1. The van der Waals surface area contributed by atoms with Crippen LogP contribution >= 0.6 is 0 Å². The molecule has 0 atom stereocenters. The summed E-state index contributed by atoms with van der Waals surface area (Å²) in [6.45, 7) is 2.92. The summed E-state index contributed by atoms with van der Waals surface area (Å²) in [7, 11) is 1.65. The van der Waals surface area contributed by atoms with E-state index in [4.69, 9.17) is 18.9 Å². The number of H-pyrrole nitrogens is 1. The number of ether oxygens (including phenoxy) is 4. The fourth-order valence-electron chi connectivity index (χ4n) is 2.10. The van der Waals surface area contributed by atoms with Gasteiger partial charge in [0, 0.05) is 25.7 Å². The number of fused-ring (bicyclic) bond motifs is 2. The Morgan fingerprint density at radius 1 is 1.20 bits per heavy atom. The van der Waals surface area contributed by atoms with Crippen molar-refractivity contribution >= 4 is 11.0 Å². The molecule has 1 aromatic heterocycles. The van der Waals surface area contributed by atoms with Crippen LogP contribution in [0, 0.1) is 0 Å². The Hall–Kier alpha value is -1.79. The number of methoxy groups -OCH3 is 1. The molecule has 0 amide bonds. The second-order valence-corrected chi connectivity index (χ2v) is 4.60. The number of hydrogen-bond acceptors (Lipinski definition) is 5. The Morgan fingerprint density at radius 2 is 2.00 bits per heavy atom. The molecule has 2 aromatic rings. The van der Waals surface area contributed by atoms with Crippen molar-refractivity contribution in [3.05, 3.63) is 18.0 Å². The van der Waals surface area contributed by atoms with Gasteiger partial charge >= 0.3 is 0 Å². The lowest BCUT2D eigenvalue weighted by Crippen LogP contribution is -2.02. The summed E-state index contributed by atoms with van der Waals surface area (Å²) in [6, 6.07) is 3.84. The summed E-state index contributed by atoms with van der Waals surface area (Å²) in [5, 5.41) is 0. The van der Waals surface area contributed by atoms with Crippen LogP contribution in [0.2, 0.25) is 0 Å². The smallest absolute Gasteiger partial charge is 0.163 e. The maximum Gasteiger partial charge on any atom is 0.163 e. The van der Waals surface area contributed by atoms with E-state index < -0.39 is 0 Å². The first kappa shape index (κ1) is 13.2. The van der Waals surface area contributed by atoms with Crippen LogP contribution in [0.15, 0.2) is 12.1 Å². The number of aromatic nitrogens is 2. The van der Waals surface area contributed by atoms with E-state index >= 15 is 0 Å². The van der Waals surface area contributed by atoms with Gasteiger partial charge in [-0.15, -0.1) is 0 Å². The van der Waals surface area contributed by atoms with Crippen molar-refractivity contribution < 1.29 is 18.9 Å². The van der Waals surface area contributed by atoms with Gasteiger partial charge < -0.3 is 23.9 Å². The molecule has 0 radical (unpaired) electrons. The Balaban J connectivity index is 1.77.